The lowest BCUT2D eigenvalue weighted by Gasteiger charge is -2.39. The minimum absolute atomic E-state index is 0.0914. The molecule has 0 aromatic heterocycles. The quantitative estimate of drug-likeness (QED) is 0.683. The maximum Gasteiger partial charge on any atom is 0.254 e. The fourth-order valence-electron chi connectivity index (χ4n) is 5.71. The largest absolute Gasteiger partial charge is 0.492 e. The van der Waals surface area contributed by atoms with Crippen molar-refractivity contribution >= 4 is 11.8 Å². The Morgan fingerprint density at radius 1 is 1.03 bits per heavy atom. The number of hydrogen-bond acceptors (Lipinski definition) is 5. The zero-order chi connectivity index (χ0) is 23.2. The van der Waals surface area contributed by atoms with E-state index in [1.54, 1.807) is 14.0 Å². The second-order valence-electron chi connectivity index (χ2n) is 9.72. The van der Waals surface area contributed by atoms with Crippen LogP contribution in [-0.2, 0) is 9.53 Å². The number of carbonyl (C=O) groups is 2. The molecule has 3 aliphatic heterocycles. The summed E-state index contributed by atoms with van der Waals surface area (Å²) >= 11 is 0. The molecular formula is C26H39N3O4. The number of methoxy groups -OCH3 is 1. The van der Waals surface area contributed by atoms with Gasteiger partial charge in [-0.15, -0.1) is 0 Å². The van der Waals surface area contributed by atoms with Crippen LogP contribution in [0.5, 0.6) is 5.75 Å². The molecule has 33 heavy (non-hydrogen) atoms. The molecule has 0 unspecified atom stereocenters. The van der Waals surface area contributed by atoms with Gasteiger partial charge in [-0.05, 0) is 56.8 Å². The van der Waals surface area contributed by atoms with Crippen molar-refractivity contribution in [3.8, 4) is 5.75 Å². The Kier molecular flexibility index (Phi) is 8.25. The van der Waals surface area contributed by atoms with Crippen molar-refractivity contribution in [3.05, 3.63) is 29.8 Å². The predicted molar refractivity (Wildman–Crippen MR) is 127 cm³/mol. The van der Waals surface area contributed by atoms with Gasteiger partial charge in [-0.3, -0.25) is 14.5 Å². The van der Waals surface area contributed by atoms with Gasteiger partial charge in [0.2, 0.25) is 5.91 Å². The van der Waals surface area contributed by atoms with Crippen LogP contribution in [0.1, 0.15) is 55.8 Å². The normalized spacial score (nSPS) is 26.3. The van der Waals surface area contributed by atoms with E-state index in [1.165, 1.54) is 0 Å². The summed E-state index contributed by atoms with van der Waals surface area (Å²) in [6, 6.07) is 8.11. The molecule has 1 aromatic carbocycles. The van der Waals surface area contributed by atoms with Crippen molar-refractivity contribution in [2.24, 2.45) is 5.92 Å². The highest BCUT2D eigenvalue weighted by atomic mass is 16.5. The molecular weight excluding hydrogens is 418 g/mol. The number of benzene rings is 1. The van der Waals surface area contributed by atoms with E-state index in [-0.39, 0.29) is 17.9 Å². The molecule has 182 valence electrons. The number of carbonyl (C=O) groups excluding carboxylic acids is 2. The van der Waals surface area contributed by atoms with Crippen LogP contribution in [0.4, 0.5) is 0 Å². The maximum absolute atomic E-state index is 13.2. The van der Waals surface area contributed by atoms with Gasteiger partial charge in [0.1, 0.15) is 12.4 Å². The Hall–Kier alpha value is -2.12. The number of rotatable bonds is 2. The summed E-state index contributed by atoms with van der Waals surface area (Å²) in [6.07, 6.45) is 6.50. The first-order valence-corrected chi connectivity index (χ1v) is 12.6. The third-order valence-electron chi connectivity index (χ3n) is 7.68. The average Bonchev–Trinajstić information content (AvgIpc) is 2.84. The molecule has 7 heteroatoms. The molecule has 4 rings (SSSR count). The zero-order valence-electron chi connectivity index (χ0n) is 20.2. The van der Waals surface area contributed by atoms with Gasteiger partial charge in [0.25, 0.3) is 5.91 Å². The Morgan fingerprint density at radius 2 is 1.85 bits per heavy atom. The topological polar surface area (TPSA) is 62.3 Å². The van der Waals surface area contributed by atoms with Gasteiger partial charge in [-0.2, -0.15) is 0 Å². The van der Waals surface area contributed by atoms with Crippen LogP contribution in [0.25, 0.3) is 0 Å². The van der Waals surface area contributed by atoms with E-state index < -0.39 is 0 Å². The van der Waals surface area contributed by atoms with Gasteiger partial charge in [-0.25, -0.2) is 0 Å². The fourth-order valence-corrected chi connectivity index (χ4v) is 5.71. The molecule has 0 aliphatic carbocycles. The van der Waals surface area contributed by atoms with Crippen LogP contribution in [0.2, 0.25) is 0 Å². The van der Waals surface area contributed by atoms with Crippen molar-refractivity contribution in [2.75, 3.05) is 53.0 Å². The first kappa shape index (κ1) is 24.0. The molecule has 0 radical (unpaired) electrons. The van der Waals surface area contributed by atoms with E-state index in [0.717, 1.165) is 83.5 Å². The van der Waals surface area contributed by atoms with Crippen LogP contribution in [0, 0.1) is 5.92 Å². The summed E-state index contributed by atoms with van der Waals surface area (Å²) in [7, 11) is 1.80. The molecule has 7 nitrogen and oxygen atoms in total. The molecule has 3 heterocycles. The van der Waals surface area contributed by atoms with Crippen LogP contribution >= 0.6 is 0 Å². The van der Waals surface area contributed by atoms with Crippen LogP contribution in [-0.4, -0.2) is 91.6 Å². The van der Waals surface area contributed by atoms with E-state index >= 15 is 0 Å². The molecule has 2 amide bonds. The van der Waals surface area contributed by atoms with Crippen LogP contribution in [0.3, 0.4) is 0 Å². The Bertz CT molecular complexity index is 808. The van der Waals surface area contributed by atoms with Crippen LogP contribution < -0.4 is 4.74 Å². The summed E-state index contributed by atoms with van der Waals surface area (Å²) in [4.78, 5) is 31.4. The molecule has 2 fully saturated rings. The van der Waals surface area contributed by atoms with Gasteiger partial charge in [-0.1, -0.05) is 12.5 Å². The molecule has 0 N–H and O–H groups in total. The van der Waals surface area contributed by atoms with Gasteiger partial charge in [0, 0.05) is 64.3 Å². The lowest BCUT2D eigenvalue weighted by atomic mass is 9.89. The summed E-state index contributed by atoms with van der Waals surface area (Å²) < 4.78 is 11.9. The number of piperidine rings is 2. The summed E-state index contributed by atoms with van der Waals surface area (Å²) in [5.74, 6) is 1.40. The smallest absolute Gasteiger partial charge is 0.254 e. The summed E-state index contributed by atoms with van der Waals surface area (Å²) in [5.41, 5.74) is 0.699. The third kappa shape index (κ3) is 6.07. The van der Waals surface area contributed by atoms with Gasteiger partial charge in [0.05, 0.1) is 6.10 Å². The van der Waals surface area contributed by atoms with Crippen molar-refractivity contribution < 1.29 is 19.1 Å². The third-order valence-corrected chi connectivity index (χ3v) is 7.68. The molecule has 4 bridgehead atoms. The lowest BCUT2D eigenvalue weighted by Crippen LogP contribution is -2.47. The molecule has 2 saturated heterocycles. The summed E-state index contributed by atoms with van der Waals surface area (Å²) in [5, 5.41) is 0. The van der Waals surface area contributed by atoms with Crippen molar-refractivity contribution in [2.45, 2.75) is 57.6 Å². The number of nitrogens with zero attached hydrogens (tertiary/aromatic N) is 3. The Morgan fingerprint density at radius 3 is 2.61 bits per heavy atom. The zero-order valence-corrected chi connectivity index (χ0v) is 20.2. The minimum Gasteiger partial charge on any atom is -0.492 e. The van der Waals surface area contributed by atoms with Crippen molar-refractivity contribution in [1.82, 2.24) is 14.7 Å². The van der Waals surface area contributed by atoms with Crippen molar-refractivity contribution in [1.29, 1.82) is 0 Å². The first-order chi connectivity index (χ1) is 16.0. The molecule has 1 aromatic rings. The SMILES string of the molecule is CO[C@H]1CCN2C[C@H]1CCCCN(C1CCN(C(C)=O)CC1)CCOc1cccc(c1)C2=O. The van der Waals surface area contributed by atoms with Gasteiger partial charge in [0.15, 0.2) is 0 Å². The van der Waals surface area contributed by atoms with E-state index in [2.05, 4.69) is 4.90 Å². The predicted octanol–water partition coefficient (Wildman–Crippen LogP) is 3.04. The molecule has 0 spiro atoms. The fraction of sp³-hybridized carbons (Fsp3) is 0.692. The van der Waals surface area contributed by atoms with E-state index in [4.69, 9.17) is 9.47 Å². The maximum atomic E-state index is 13.2. The highest BCUT2D eigenvalue weighted by molar-refractivity contribution is 5.94. The minimum atomic E-state index is 0.0914. The standard InChI is InChI=1S/C26H39N3O4/c1-20(30)27-13-9-23(10-14-27)28-12-4-3-6-22-19-29(15-11-25(22)32-2)26(31)21-7-5-8-24(18-21)33-17-16-28/h5,7-8,18,22-23,25H,3-4,6,9-17,19H2,1-2H3/t22-,25+/m1/s1. The monoisotopic (exact) mass is 457 g/mol. The molecule has 0 saturated carbocycles. The molecule has 3 aliphatic rings. The lowest BCUT2D eigenvalue weighted by molar-refractivity contribution is -0.130. The van der Waals surface area contributed by atoms with E-state index in [0.29, 0.717) is 24.1 Å². The summed E-state index contributed by atoms with van der Waals surface area (Å²) in [6.45, 7) is 7.35. The van der Waals surface area contributed by atoms with Gasteiger partial charge >= 0.3 is 0 Å². The highest BCUT2D eigenvalue weighted by Crippen LogP contribution is 2.27. The molecule has 2 atom stereocenters. The first-order valence-electron chi connectivity index (χ1n) is 12.6. The van der Waals surface area contributed by atoms with Gasteiger partial charge < -0.3 is 19.3 Å². The van der Waals surface area contributed by atoms with Crippen LogP contribution in [0.15, 0.2) is 24.3 Å². The number of likely N-dealkylation sites (tertiary alicyclic amines) is 1. The number of fused-ring (bicyclic) bond motifs is 4. The van der Waals surface area contributed by atoms with E-state index in [1.807, 2.05) is 34.1 Å². The van der Waals surface area contributed by atoms with Crippen molar-refractivity contribution in [3.63, 3.8) is 0 Å². The Balaban J connectivity index is 1.47. The second-order valence-corrected chi connectivity index (χ2v) is 9.72. The van der Waals surface area contributed by atoms with E-state index in [9.17, 15) is 9.59 Å². The average molecular weight is 458 g/mol. The number of amides is 2. The number of hydrogen-bond donors (Lipinski definition) is 0. The Labute approximate surface area is 198 Å². The number of ether oxygens (including phenoxy) is 2. The second kappa shape index (κ2) is 11.3. The highest BCUT2D eigenvalue weighted by Gasteiger charge is 2.32.